The maximum Gasteiger partial charge on any atom is 0.416 e. The van der Waals surface area contributed by atoms with Crippen molar-refractivity contribution in [2.24, 2.45) is 11.8 Å². The van der Waals surface area contributed by atoms with Gasteiger partial charge in [-0.2, -0.15) is 13.2 Å². The third-order valence-corrected chi connectivity index (χ3v) is 8.56. The minimum atomic E-state index is -4.65. The maximum atomic E-state index is 13.0. The quantitative estimate of drug-likeness (QED) is 0.630. The number of amides is 1. The molecule has 10 heteroatoms. The molecule has 184 valence electrons. The molecule has 34 heavy (non-hydrogen) atoms. The Morgan fingerprint density at radius 3 is 2.53 bits per heavy atom. The fraction of sp³-hybridized carbons (Fsp3) is 0.500. The Morgan fingerprint density at radius 1 is 1.06 bits per heavy atom. The molecule has 2 fully saturated rings. The number of hydrogen-bond donors (Lipinski definition) is 2. The van der Waals surface area contributed by atoms with Crippen molar-refractivity contribution < 1.29 is 26.4 Å². The van der Waals surface area contributed by atoms with Crippen LogP contribution in [0.4, 0.5) is 13.2 Å². The summed E-state index contributed by atoms with van der Waals surface area (Å²) in [5, 5.41) is 6.10. The molecule has 2 heterocycles. The summed E-state index contributed by atoms with van der Waals surface area (Å²) in [6.45, 7) is 0.850. The molecule has 4 rings (SSSR count). The number of carbonyl (C=O) groups is 1. The number of aromatic nitrogens is 1. The van der Waals surface area contributed by atoms with Crippen molar-refractivity contribution in [3.63, 3.8) is 0 Å². The van der Waals surface area contributed by atoms with Crippen molar-refractivity contribution in [3.05, 3.63) is 53.9 Å². The van der Waals surface area contributed by atoms with Gasteiger partial charge in [-0.15, -0.1) is 0 Å². The molecule has 0 radical (unpaired) electrons. The Morgan fingerprint density at radius 2 is 1.79 bits per heavy atom. The Hall–Kier alpha value is -2.46. The number of sulfone groups is 1. The number of pyridine rings is 1. The van der Waals surface area contributed by atoms with Gasteiger partial charge in [0.25, 0.3) is 0 Å². The fourth-order valence-corrected chi connectivity index (χ4v) is 6.27. The summed E-state index contributed by atoms with van der Waals surface area (Å²) in [7, 11) is -4.18. The van der Waals surface area contributed by atoms with Gasteiger partial charge in [-0.05, 0) is 55.1 Å². The van der Waals surface area contributed by atoms with Crippen molar-refractivity contribution in [1.82, 2.24) is 15.6 Å². The molecule has 1 aromatic heterocycles. The first-order valence-corrected chi connectivity index (χ1v) is 13.0. The smallest absolute Gasteiger partial charge is 0.349 e. The van der Waals surface area contributed by atoms with Gasteiger partial charge in [-0.3, -0.25) is 9.78 Å². The number of alkyl halides is 3. The van der Waals surface area contributed by atoms with Crippen molar-refractivity contribution in [2.45, 2.75) is 67.1 Å². The SMILES string of the molecule is O=C(NCc1cc(S(=O)(=O)c2cccc(C(F)(F)F)c2)ccn1)[C@@H]1C[C@@H](C2CCCCC2)CN1. The molecule has 2 aliphatic rings. The van der Waals surface area contributed by atoms with Crippen LogP contribution in [-0.4, -0.2) is 31.9 Å². The molecule has 2 atom stereocenters. The number of nitrogens with zero attached hydrogens (tertiary/aromatic N) is 1. The summed E-state index contributed by atoms with van der Waals surface area (Å²) in [4.78, 5) is 16.1. The Bertz CT molecular complexity index is 1130. The predicted molar refractivity (Wildman–Crippen MR) is 119 cm³/mol. The third-order valence-electron chi connectivity index (χ3n) is 6.81. The Kier molecular flexibility index (Phi) is 7.28. The molecule has 1 amide bonds. The summed E-state index contributed by atoms with van der Waals surface area (Å²) in [6.07, 6.45) is 3.64. The van der Waals surface area contributed by atoms with Crippen molar-refractivity contribution in [1.29, 1.82) is 0 Å². The average Bonchev–Trinajstić information content (AvgIpc) is 3.33. The zero-order valence-electron chi connectivity index (χ0n) is 18.6. The van der Waals surface area contributed by atoms with E-state index in [0.717, 1.165) is 31.2 Å². The number of halogens is 3. The first-order valence-electron chi connectivity index (χ1n) is 11.5. The molecular weight excluding hydrogens is 467 g/mol. The predicted octanol–water partition coefficient (Wildman–Crippen LogP) is 4.11. The zero-order valence-corrected chi connectivity index (χ0v) is 19.5. The summed E-state index contributed by atoms with van der Waals surface area (Å²) in [5.41, 5.74) is -0.728. The molecular formula is C24H28F3N3O3S. The summed E-state index contributed by atoms with van der Waals surface area (Å²) in [6, 6.07) is 5.85. The molecule has 6 nitrogen and oxygen atoms in total. The third kappa shape index (κ3) is 5.60. The first-order chi connectivity index (χ1) is 16.1. The number of hydrogen-bond acceptors (Lipinski definition) is 5. The van der Waals surface area contributed by atoms with E-state index in [-0.39, 0.29) is 23.4 Å². The van der Waals surface area contributed by atoms with E-state index in [1.807, 2.05) is 0 Å². The van der Waals surface area contributed by atoms with Crippen LogP contribution < -0.4 is 10.6 Å². The van der Waals surface area contributed by atoms with Crippen LogP contribution in [-0.2, 0) is 27.4 Å². The monoisotopic (exact) mass is 495 g/mol. The van der Waals surface area contributed by atoms with Gasteiger partial charge in [0.2, 0.25) is 15.7 Å². The lowest BCUT2D eigenvalue weighted by Gasteiger charge is -2.26. The van der Waals surface area contributed by atoms with Gasteiger partial charge in [-0.25, -0.2) is 8.42 Å². The van der Waals surface area contributed by atoms with Crippen LogP contribution >= 0.6 is 0 Å². The van der Waals surface area contributed by atoms with Crippen LogP contribution in [0.15, 0.2) is 52.4 Å². The largest absolute Gasteiger partial charge is 0.416 e. The van der Waals surface area contributed by atoms with E-state index in [1.54, 1.807) is 0 Å². The molecule has 1 saturated carbocycles. The minimum absolute atomic E-state index is 0.0249. The molecule has 0 unspecified atom stereocenters. The van der Waals surface area contributed by atoms with Gasteiger partial charge in [0.1, 0.15) is 0 Å². The highest BCUT2D eigenvalue weighted by molar-refractivity contribution is 7.91. The van der Waals surface area contributed by atoms with E-state index in [0.29, 0.717) is 23.6 Å². The number of carbonyl (C=O) groups excluding carboxylic acids is 1. The second kappa shape index (κ2) is 10.0. The molecule has 2 N–H and O–H groups in total. The van der Waals surface area contributed by atoms with Gasteiger partial charge < -0.3 is 10.6 Å². The van der Waals surface area contributed by atoms with Gasteiger partial charge in [0, 0.05) is 6.20 Å². The lowest BCUT2D eigenvalue weighted by Crippen LogP contribution is -2.40. The standard InChI is InChI=1S/C24H28F3N3O3S/c25-24(26,27)18-7-4-8-20(12-18)34(32,33)21-9-10-28-19(13-21)15-30-23(31)22-11-17(14-29-22)16-5-2-1-3-6-16/h4,7-10,12-13,16-17,22,29H,1-3,5-6,11,14-15H2,(H,30,31)/t17-,22+/m1/s1. The zero-order chi connectivity index (χ0) is 24.3. The average molecular weight is 496 g/mol. The molecule has 1 saturated heterocycles. The van der Waals surface area contributed by atoms with Gasteiger partial charge in [0.05, 0.1) is 33.6 Å². The van der Waals surface area contributed by atoms with E-state index >= 15 is 0 Å². The normalized spacial score (nSPS) is 22.0. The maximum absolute atomic E-state index is 13.0. The molecule has 0 spiro atoms. The second-order valence-electron chi connectivity index (χ2n) is 9.08. The van der Waals surface area contributed by atoms with Crippen molar-refractivity contribution in [3.8, 4) is 0 Å². The highest BCUT2D eigenvalue weighted by Crippen LogP contribution is 2.34. The summed E-state index contributed by atoms with van der Waals surface area (Å²) >= 11 is 0. The highest BCUT2D eigenvalue weighted by Gasteiger charge is 2.34. The van der Waals surface area contributed by atoms with Gasteiger partial charge in [0.15, 0.2) is 0 Å². The van der Waals surface area contributed by atoms with Crippen LogP contribution in [0.1, 0.15) is 49.8 Å². The van der Waals surface area contributed by atoms with Crippen LogP contribution in [0.3, 0.4) is 0 Å². The molecule has 1 aliphatic heterocycles. The van der Waals surface area contributed by atoms with E-state index < -0.39 is 26.5 Å². The summed E-state index contributed by atoms with van der Waals surface area (Å²) in [5.74, 6) is 1.000. The Balaban J connectivity index is 1.40. The number of benzene rings is 1. The van der Waals surface area contributed by atoms with E-state index in [4.69, 9.17) is 0 Å². The fourth-order valence-electron chi connectivity index (χ4n) is 4.92. The highest BCUT2D eigenvalue weighted by atomic mass is 32.2. The Labute approximate surface area is 197 Å². The lowest BCUT2D eigenvalue weighted by molar-refractivity contribution is -0.137. The molecule has 1 aliphatic carbocycles. The van der Waals surface area contributed by atoms with Crippen molar-refractivity contribution in [2.75, 3.05) is 6.54 Å². The molecule has 0 bridgehead atoms. The minimum Gasteiger partial charge on any atom is -0.349 e. The van der Waals surface area contributed by atoms with Gasteiger partial charge in [-0.1, -0.05) is 38.2 Å². The summed E-state index contributed by atoms with van der Waals surface area (Å²) < 4.78 is 64.8. The first kappa shape index (κ1) is 24.7. The number of rotatable bonds is 6. The van der Waals surface area contributed by atoms with Crippen molar-refractivity contribution >= 4 is 15.7 Å². The van der Waals surface area contributed by atoms with Gasteiger partial charge >= 0.3 is 6.18 Å². The van der Waals surface area contributed by atoms with Crippen LogP contribution in [0, 0.1) is 11.8 Å². The van der Waals surface area contributed by atoms with Crippen LogP contribution in [0.2, 0.25) is 0 Å². The molecule has 2 aromatic rings. The van der Waals surface area contributed by atoms with Crippen LogP contribution in [0.5, 0.6) is 0 Å². The van der Waals surface area contributed by atoms with E-state index in [9.17, 15) is 26.4 Å². The second-order valence-corrected chi connectivity index (χ2v) is 11.0. The van der Waals surface area contributed by atoms with E-state index in [2.05, 4.69) is 15.6 Å². The van der Waals surface area contributed by atoms with Crippen LogP contribution in [0.25, 0.3) is 0 Å². The topological polar surface area (TPSA) is 88.2 Å². The van der Waals surface area contributed by atoms with E-state index in [1.165, 1.54) is 50.4 Å². The molecule has 1 aromatic carbocycles. The lowest BCUT2D eigenvalue weighted by atomic mass is 9.79. The number of nitrogens with one attached hydrogen (secondary N) is 2.